The molecule has 0 spiro atoms. The van der Waals surface area contributed by atoms with Crippen LogP contribution in [0, 0.1) is 6.92 Å². The molecule has 0 aromatic heterocycles. The molecule has 0 radical (unpaired) electrons. The minimum absolute atomic E-state index is 0.352. The van der Waals surface area contributed by atoms with Gasteiger partial charge in [0.15, 0.2) is 0 Å². The summed E-state index contributed by atoms with van der Waals surface area (Å²) in [7, 11) is 1.36. The van der Waals surface area contributed by atoms with E-state index in [9.17, 15) is 4.79 Å². The van der Waals surface area contributed by atoms with Gasteiger partial charge in [0.05, 0.1) is 18.4 Å². The van der Waals surface area contributed by atoms with Crippen LogP contribution in [-0.2, 0) is 4.74 Å². The highest BCUT2D eigenvalue weighted by atomic mass is 27.1. The Bertz CT molecular complexity index is 323. The van der Waals surface area contributed by atoms with Gasteiger partial charge in [0.1, 0.15) is 0 Å². The topological polar surface area (TPSA) is 35.5 Å². The molecule has 0 amide bonds. The number of aryl methyl sites for hydroxylation is 1. The maximum atomic E-state index is 11.3. The molecule has 0 fully saturated rings. The van der Waals surface area contributed by atoms with Crippen LogP contribution in [0.5, 0.6) is 5.75 Å². The quantitative estimate of drug-likeness (QED) is 0.513. The zero-order valence-corrected chi connectivity index (χ0v) is 9.96. The fourth-order valence-corrected chi connectivity index (χ4v) is 1.45. The third-order valence-electron chi connectivity index (χ3n) is 1.76. The molecule has 13 heavy (non-hydrogen) atoms. The van der Waals surface area contributed by atoms with Crippen molar-refractivity contribution < 1.29 is 13.3 Å². The minimum Gasteiger partial charge on any atom is -0.647 e. The predicted molar refractivity (Wildman–Crippen MR) is 51.7 cm³/mol. The van der Waals surface area contributed by atoms with E-state index in [0.29, 0.717) is 27.9 Å². The normalized spacial score (nSPS) is 9.38. The molecule has 4 heteroatoms. The van der Waals surface area contributed by atoms with E-state index in [0.717, 1.165) is 5.56 Å². The number of rotatable bonds is 2. The molecular formula is C9H11AlO3. The van der Waals surface area contributed by atoms with Gasteiger partial charge in [-0.05, 0) is 19.1 Å². The molecular weight excluding hydrogens is 183 g/mol. The van der Waals surface area contributed by atoms with E-state index >= 15 is 0 Å². The highest BCUT2D eigenvalue weighted by molar-refractivity contribution is 6.02. The van der Waals surface area contributed by atoms with Gasteiger partial charge < -0.3 is 8.53 Å². The van der Waals surface area contributed by atoms with Crippen LogP contribution in [0.3, 0.4) is 0 Å². The van der Waals surface area contributed by atoms with Gasteiger partial charge in [-0.15, -0.1) is 0 Å². The Labute approximate surface area is 85.4 Å². The molecule has 3 nitrogen and oxygen atoms in total. The van der Waals surface area contributed by atoms with Crippen molar-refractivity contribution in [1.82, 2.24) is 0 Å². The highest BCUT2D eigenvalue weighted by Crippen LogP contribution is 2.19. The van der Waals surface area contributed by atoms with E-state index in [1.807, 2.05) is 13.0 Å². The summed E-state index contributed by atoms with van der Waals surface area (Å²) in [4.78, 5) is 11.3. The van der Waals surface area contributed by atoms with Crippen molar-refractivity contribution in [3.05, 3.63) is 29.3 Å². The molecule has 0 aliphatic rings. The second-order valence-electron chi connectivity index (χ2n) is 2.70. The number of methoxy groups -OCH3 is 1. The number of esters is 1. The van der Waals surface area contributed by atoms with E-state index in [2.05, 4.69) is 4.74 Å². The molecule has 68 valence electrons. The van der Waals surface area contributed by atoms with Crippen LogP contribution in [0.25, 0.3) is 0 Å². The first-order valence-electron chi connectivity index (χ1n) is 3.92. The third-order valence-corrected chi connectivity index (χ3v) is 2.20. The van der Waals surface area contributed by atoms with Crippen molar-refractivity contribution in [3.63, 3.8) is 0 Å². The van der Waals surface area contributed by atoms with Gasteiger partial charge in [-0.1, -0.05) is 11.6 Å². The number of carbonyl (C=O) groups excluding carboxylic acids is 1. The Hall–Kier alpha value is -0.978. The Morgan fingerprint density at radius 2 is 2.15 bits per heavy atom. The van der Waals surface area contributed by atoms with E-state index < -0.39 is 0 Å². The molecule has 0 aliphatic heterocycles. The molecule has 0 aliphatic carbocycles. The van der Waals surface area contributed by atoms with Crippen molar-refractivity contribution >= 4 is 22.6 Å². The molecule has 0 saturated heterocycles. The molecule has 0 bridgehead atoms. The van der Waals surface area contributed by atoms with Crippen molar-refractivity contribution in [2.24, 2.45) is 0 Å². The maximum absolute atomic E-state index is 11.3. The van der Waals surface area contributed by atoms with Crippen molar-refractivity contribution in [2.45, 2.75) is 6.92 Å². The van der Waals surface area contributed by atoms with E-state index in [4.69, 9.17) is 3.79 Å². The molecule has 1 aromatic carbocycles. The summed E-state index contributed by atoms with van der Waals surface area (Å²) < 4.78 is 9.79. The first kappa shape index (κ1) is 10.1. The van der Waals surface area contributed by atoms with Gasteiger partial charge in [-0.25, -0.2) is 4.79 Å². The van der Waals surface area contributed by atoms with Gasteiger partial charge in [-0.2, -0.15) is 0 Å². The van der Waals surface area contributed by atoms with E-state index in [1.54, 1.807) is 12.1 Å². The van der Waals surface area contributed by atoms with Crippen LogP contribution in [0.2, 0.25) is 0 Å². The Kier molecular flexibility index (Phi) is 3.35. The molecule has 1 aromatic rings. The largest absolute Gasteiger partial charge is 0.647 e. The lowest BCUT2D eigenvalue weighted by Crippen LogP contribution is -2.04. The molecule has 0 atom stereocenters. The molecule has 0 N–H and O–H groups in total. The monoisotopic (exact) mass is 194 g/mol. The summed E-state index contributed by atoms with van der Waals surface area (Å²) in [5.74, 6) is 0.249. The standard InChI is InChI=1S/C9H10O3.Al.2H/c1-6-3-4-8(10)7(5-6)9(11)12-2;;;/h3-5,10H,1-2H3;;;/q;+1;;/p-1. The Morgan fingerprint density at radius 1 is 1.46 bits per heavy atom. The first-order chi connectivity index (χ1) is 6.19. The summed E-state index contributed by atoms with van der Waals surface area (Å²) in [6.45, 7) is 1.92. The van der Waals surface area contributed by atoms with Crippen molar-refractivity contribution in [3.8, 4) is 5.75 Å². The Morgan fingerprint density at radius 3 is 2.69 bits per heavy atom. The van der Waals surface area contributed by atoms with Crippen molar-refractivity contribution in [2.75, 3.05) is 7.11 Å². The van der Waals surface area contributed by atoms with Gasteiger partial charge in [0.2, 0.25) is 0 Å². The number of hydrogen-bond donors (Lipinski definition) is 0. The number of benzene rings is 1. The SMILES string of the molecule is COC(=O)c1cc(C)ccc1[O][AlH2]. The third kappa shape index (κ3) is 2.24. The Balaban J connectivity index is 3.15. The lowest BCUT2D eigenvalue weighted by atomic mass is 10.1. The van der Waals surface area contributed by atoms with Crippen LogP contribution in [0.15, 0.2) is 18.2 Å². The predicted octanol–water partition coefficient (Wildman–Crippen LogP) is 0.709. The lowest BCUT2D eigenvalue weighted by molar-refractivity contribution is 0.0598. The van der Waals surface area contributed by atoms with Crippen LogP contribution >= 0.6 is 0 Å². The summed E-state index contributed by atoms with van der Waals surface area (Å²) in [6, 6.07) is 5.45. The zero-order valence-electron chi connectivity index (χ0n) is 7.96. The molecule has 0 heterocycles. The fourth-order valence-electron chi connectivity index (χ4n) is 1.09. The summed E-state index contributed by atoms with van der Waals surface area (Å²) in [6.07, 6.45) is 0. The molecule has 0 unspecified atom stereocenters. The maximum Gasteiger partial charge on any atom is 0.496 e. The first-order valence-corrected chi connectivity index (χ1v) is 4.73. The smallest absolute Gasteiger partial charge is 0.496 e. The fraction of sp³-hybridized carbons (Fsp3) is 0.222. The van der Waals surface area contributed by atoms with Gasteiger partial charge in [-0.3, -0.25) is 0 Å². The number of hydrogen-bond acceptors (Lipinski definition) is 3. The van der Waals surface area contributed by atoms with Crippen LogP contribution in [0.1, 0.15) is 15.9 Å². The number of ether oxygens (including phenoxy) is 1. The molecule has 0 saturated carbocycles. The summed E-state index contributed by atoms with van der Waals surface area (Å²) in [5, 5.41) is 0. The van der Waals surface area contributed by atoms with Crippen molar-refractivity contribution in [1.29, 1.82) is 0 Å². The average molecular weight is 194 g/mol. The lowest BCUT2D eigenvalue weighted by Gasteiger charge is -2.08. The highest BCUT2D eigenvalue weighted by Gasteiger charge is 2.10. The van der Waals surface area contributed by atoms with Crippen LogP contribution in [-0.4, -0.2) is 29.7 Å². The number of carbonyl (C=O) groups is 1. The second kappa shape index (κ2) is 4.31. The van der Waals surface area contributed by atoms with E-state index in [-0.39, 0.29) is 5.97 Å². The van der Waals surface area contributed by atoms with Crippen LogP contribution in [0.4, 0.5) is 0 Å². The second-order valence-corrected chi connectivity index (χ2v) is 3.10. The van der Waals surface area contributed by atoms with Gasteiger partial charge in [0, 0.05) is 0 Å². The summed E-state index contributed by atoms with van der Waals surface area (Å²) >= 11 is 0.564. The van der Waals surface area contributed by atoms with E-state index in [1.165, 1.54) is 7.11 Å². The van der Waals surface area contributed by atoms with Crippen LogP contribution < -0.4 is 3.79 Å². The summed E-state index contributed by atoms with van der Waals surface area (Å²) in [5.41, 5.74) is 1.51. The van der Waals surface area contributed by atoms with Gasteiger partial charge >= 0.3 is 22.6 Å². The zero-order chi connectivity index (χ0) is 9.84. The minimum atomic E-state index is -0.352. The average Bonchev–Trinajstić information content (AvgIpc) is 2.16. The molecule has 1 rings (SSSR count). The van der Waals surface area contributed by atoms with Gasteiger partial charge in [0.25, 0.3) is 0 Å².